The molecule has 0 bridgehead atoms. The third kappa shape index (κ3) is 10.1. The Hall–Kier alpha value is -14.9. The van der Waals surface area contributed by atoms with Crippen molar-refractivity contribution in [2.24, 2.45) is 0 Å². The summed E-state index contributed by atoms with van der Waals surface area (Å²) >= 11 is 0. The maximum Gasteiger partial charge on any atom is 0.235 e. The van der Waals surface area contributed by atoms with Crippen LogP contribution in [0, 0.1) is 0 Å². The molecule has 0 fully saturated rings. The highest BCUT2D eigenvalue weighted by Crippen LogP contribution is 2.45. The second-order valence-electron chi connectivity index (χ2n) is 28.4. The second kappa shape index (κ2) is 25.4. The summed E-state index contributed by atoms with van der Waals surface area (Å²) in [6.45, 7) is 0. The van der Waals surface area contributed by atoms with Crippen molar-refractivity contribution in [1.82, 2.24) is 38.2 Å². The Bertz CT molecular complexity index is 7620. The van der Waals surface area contributed by atoms with Gasteiger partial charge in [0, 0.05) is 76.4 Å². The van der Waals surface area contributed by atoms with Gasteiger partial charge in [-0.2, -0.15) is 0 Å². The Morgan fingerprint density at radius 2 is 0.455 bits per heavy atom. The molecular weight excluding hydrogens is 1340 g/mol. The SMILES string of the molecule is c1ccc(-c2ccc(-c3nc(-n4c5ccccc5c5cc(-c6ccc7c(c6)c6c8ccccc8ccc6n7-c6ccccc6)ccc54)nc4ccccc34)cc2)cc1.c1ccc(-c2nc(-n3c4ccccc4c4cc(-c5ccc6c(c5)c5c7ccccc7ccc5n6-c5ccccc5)ccc43)nc3ccccc23)cc1. The summed E-state index contributed by atoms with van der Waals surface area (Å²) in [4.78, 5) is 21.0. The molecule has 0 aliphatic heterocycles. The molecule has 0 saturated heterocycles. The van der Waals surface area contributed by atoms with Gasteiger partial charge in [0.1, 0.15) is 0 Å². The van der Waals surface area contributed by atoms with Crippen LogP contribution in [-0.4, -0.2) is 38.2 Å². The summed E-state index contributed by atoms with van der Waals surface area (Å²) in [7, 11) is 0. The van der Waals surface area contributed by atoms with Gasteiger partial charge in [0.25, 0.3) is 0 Å². The Morgan fingerprint density at radius 3 is 0.891 bits per heavy atom. The minimum Gasteiger partial charge on any atom is -0.309 e. The van der Waals surface area contributed by atoms with Crippen LogP contribution in [0.15, 0.2) is 388 Å². The topological polar surface area (TPSA) is 71.3 Å². The molecule has 0 unspecified atom stereocenters. The first-order valence-corrected chi connectivity index (χ1v) is 37.4. The zero-order valence-electron chi connectivity index (χ0n) is 59.5. The lowest BCUT2D eigenvalue weighted by atomic mass is 9.99. The van der Waals surface area contributed by atoms with Gasteiger partial charge in [0.15, 0.2) is 0 Å². The van der Waals surface area contributed by atoms with E-state index in [1.165, 1.54) is 104 Å². The van der Waals surface area contributed by atoms with Crippen molar-refractivity contribution in [3.05, 3.63) is 388 Å². The molecule has 0 amide bonds. The van der Waals surface area contributed by atoms with E-state index >= 15 is 0 Å². The van der Waals surface area contributed by atoms with Gasteiger partial charge in [-0.15, -0.1) is 0 Å². The summed E-state index contributed by atoms with van der Waals surface area (Å²) in [5, 5.41) is 16.8. The zero-order valence-corrected chi connectivity index (χ0v) is 59.5. The van der Waals surface area contributed by atoms with Crippen LogP contribution in [0.5, 0.6) is 0 Å². The maximum atomic E-state index is 5.36. The van der Waals surface area contributed by atoms with Crippen molar-refractivity contribution < 1.29 is 0 Å². The Balaban J connectivity index is 0.000000136. The maximum absolute atomic E-state index is 5.36. The number of hydrogen-bond acceptors (Lipinski definition) is 4. The van der Waals surface area contributed by atoms with Crippen LogP contribution < -0.4 is 0 Å². The lowest BCUT2D eigenvalue weighted by Gasteiger charge is -2.12. The van der Waals surface area contributed by atoms with Crippen LogP contribution in [-0.2, 0) is 0 Å². The lowest BCUT2D eigenvalue weighted by Crippen LogP contribution is -2.03. The largest absolute Gasteiger partial charge is 0.309 e. The van der Waals surface area contributed by atoms with E-state index in [1.807, 2.05) is 12.1 Å². The van der Waals surface area contributed by atoms with Gasteiger partial charge >= 0.3 is 0 Å². The van der Waals surface area contributed by atoms with E-state index in [0.29, 0.717) is 11.9 Å². The molecule has 0 N–H and O–H groups in total. The van der Waals surface area contributed by atoms with E-state index in [9.17, 15) is 0 Å². The minimum atomic E-state index is 0.654. The molecule has 512 valence electrons. The zero-order chi connectivity index (χ0) is 72.3. The Labute approximate surface area is 632 Å². The molecule has 17 aromatic carbocycles. The van der Waals surface area contributed by atoms with Gasteiger partial charge in [-0.05, 0) is 164 Å². The van der Waals surface area contributed by atoms with E-state index in [1.54, 1.807) is 0 Å². The number of para-hydroxylation sites is 6. The van der Waals surface area contributed by atoms with Gasteiger partial charge in [0.2, 0.25) is 11.9 Å². The molecule has 0 saturated carbocycles. The molecule has 0 spiro atoms. The number of rotatable bonds is 9. The molecule has 6 aromatic heterocycles. The van der Waals surface area contributed by atoms with E-state index in [4.69, 9.17) is 19.9 Å². The summed E-state index contributed by atoms with van der Waals surface area (Å²) < 4.78 is 9.24. The molecule has 8 heteroatoms. The average molecular weight is 1400 g/mol. The predicted molar refractivity (Wildman–Crippen MR) is 459 cm³/mol. The molecule has 110 heavy (non-hydrogen) atoms. The molecule has 23 rings (SSSR count). The molecular formula is C102H64N8. The second-order valence-corrected chi connectivity index (χ2v) is 28.4. The van der Waals surface area contributed by atoms with Crippen molar-refractivity contribution in [3.63, 3.8) is 0 Å². The lowest BCUT2D eigenvalue weighted by molar-refractivity contribution is 1.01. The monoisotopic (exact) mass is 1400 g/mol. The number of fused-ring (bicyclic) bond motifs is 18. The fourth-order valence-electron chi connectivity index (χ4n) is 17.2. The highest BCUT2D eigenvalue weighted by atomic mass is 15.2. The highest BCUT2D eigenvalue weighted by Gasteiger charge is 2.24. The highest BCUT2D eigenvalue weighted by molar-refractivity contribution is 6.24. The molecule has 23 aromatic rings. The molecule has 0 aliphatic rings. The van der Waals surface area contributed by atoms with Gasteiger partial charge in [0.05, 0.1) is 66.6 Å². The van der Waals surface area contributed by atoms with Crippen LogP contribution in [0.2, 0.25) is 0 Å². The summed E-state index contributed by atoms with van der Waals surface area (Å²) in [5.74, 6) is 1.32. The quantitative estimate of drug-likeness (QED) is 0.144. The Morgan fingerprint density at radius 1 is 0.164 bits per heavy atom. The van der Waals surface area contributed by atoms with Crippen molar-refractivity contribution in [3.8, 4) is 79.2 Å². The summed E-state index contributed by atoms with van der Waals surface area (Å²) in [5.41, 5.74) is 24.3. The average Bonchev–Trinajstić information content (AvgIpc) is 1.60. The normalized spacial score (nSPS) is 11.8. The number of nitrogens with zero attached hydrogens (tertiary/aromatic N) is 8. The van der Waals surface area contributed by atoms with Crippen molar-refractivity contribution in [2.75, 3.05) is 0 Å². The van der Waals surface area contributed by atoms with Crippen molar-refractivity contribution in [2.45, 2.75) is 0 Å². The predicted octanol–water partition coefficient (Wildman–Crippen LogP) is 26.3. The standard InChI is InChI=1S/C54H34N4.C48H30N4/c1-3-13-35(14-4-1)36-23-25-38(26-24-36)53-44-20-9-11-21-47(44)55-54(56-53)58-48-22-12-10-19-43(48)45-33-39(28-30-49(45)58)40-29-31-50-46(34-40)52-42-18-8-7-15-37(42)27-32-51(52)57(50)41-16-5-2-6-17-41;1-3-14-32(15-4-1)47-38-20-9-11-21-41(38)49-48(50-47)52-42-22-12-10-19-37(42)39-29-33(24-26-43(39)52)34-25-27-44-40(30-34)46-36-18-8-7-13-31(36)23-28-45(46)51(44)35-16-5-2-6-17-35/h1-34H;1-30H. The van der Waals surface area contributed by atoms with Crippen LogP contribution in [0.1, 0.15) is 0 Å². The minimum absolute atomic E-state index is 0.654. The van der Waals surface area contributed by atoms with E-state index in [-0.39, 0.29) is 0 Å². The fraction of sp³-hybridized carbons (Fsp3) is 0. The first-order valence-electron chi connectivity index (χ1n) is 37.4. The number of aromatic nitrogens is 8. The molecule has 6 heterocycles. The first-order chi connectivity index (χ1) is 54.6. The van der Waals surface area contributed by atoms with Crippen molar-refractivity contribution >= 4 is 131 Å². The van der Waals surface area contributed by atoms with Crippen LogP contribution in [0.4, 0.5) is 0 Å². The summed E-state index contributed by atoms with van der Waals surface area (Å²) in [6.07, 6.45) is 0. The van der Waals surface area contributed by atoms with Gasteiger partial charge in [-0.3, -0.25) is 9.13 Å². The van der Waals surface area contributed by atoms with Gasteiger partial charge in [-0.1, -0.05) is 279 Å². The third-order valence-corrected chi connectivity index (χ3v) is 22.2. The van der Waals surface area contributed by atoms with Crippen LogP contribution in [0.25, 0.3) is 210 Å². The van der Waals surface area contributed by atoms with E-state index < -0.39 is 0 Å². The smallest absolute Gasteiger partial charge is 0.235 e. The molecule has 0 radical (unpaired) electrons. The van der Waals surface area contributed by atoms with E-state index in [2.05, 4.69) is 394 Å². The third-order valence-electron chi connectivity index (χ3n) is 22.2. The number of hydrogen-bond donors (Lipinski definition) is 0. The van der Waals surface area contributed by atoms with Crippen molar-refractivity contribution in [1.29, 1.82) is 0 Å². The van der Waals surface area contributed by atoms with Gasteiger partial charge < -0.3 is 9.13 Å². The van der Waals surface area contributed by atoms with E-state index in [0.717, 1.165) is 94.1 Å². The Kier molecular flexibility index (Phi) is 14.5. The fourth-order valence-corrected chi connectivity index (χ4v) is 17.2. The molecule has 0 aliphatic carbocycles. The van der Waals surface area contributed by atoms with Gasteiger partial charge in [-0.25, -0.2) is 19.9 Å². The van der Waals surface area contributed by atoms with Crippen LogP contribution in [0.3, 0.4) is 0 Å². The summed E-state index contributed by atoms with van der Waals surface area (Å²) in [6, 6.07) is 139. The first kappa shape index (κ1) is 62.5. The molecule has 0 atom stereocenters. The molecule has 8 nitrogen and oxygen atoms in total. The number of benzene rings is 17. The van der Waals surface area contributed by atoms with Crippen LogP contribution >= 0.6 is 0 Å².